The van der Waals surface area contributed by atoms with Crippen molar-refractivity contribution in [3.63, 3.8) is 0 Å². The van der Waals surface area contributed by atoms with E-state index in [1.54, 1.807) is 18.2 Å². The summed E-state index contributed by atoms with van der Waals surface area (Å²) in [6.45, 7) is 3.53. The summed E-state index contributed by atoms with van der Waals surface area (Å²) < 4.78 is 5.65. The Morgan fingerprint density at radius 1 is 1.04 bits per heavy atom. The van der Waals surface area contributed by atoms with Crippen LogP contribution in [-0.2, 0) is 4.79 Å². The molecule has 0 radical (unpaired) electrons. The summed E-state index contributed by atoms with van der Waals surface area (Å²) in [5.74, 6) is -0.0394. The number of fused-ring (bicyclic) bond motifs is 1. The highest BCUT2D eigenvalue weighted by molar-refractivity contribution is 6.39. The third kappa shape index (κ3) is 4.04. The number of hydrogen-bond donors (Lipinski definition) is 1. The second-order valence-corrected chi connectivity index (χ2v) is 7.06. The molecule has 0 atom stereocenters. The molecule has 0 spiro atoms. The third-order valence-electron chi connectivity index (χ3n) is 3.72. The van der Waals surface area contributed by atoms with E-state index in [4.69, 9.17) is 39.5 Å². The van der Waals surface area contributed by atoms with Gasteiger partial charge in [0.2, 0.25) is 0 Å². The molecule has 0 aliphatic heterocycles. The van der Waals surface area contributed by atoms with Gasteiger partial charge in [-0.2, -0.15) is 0 Å². The van der Waals surface area contributed by atoms with Crippen molar-refractivity contribution in [2.24, 2.45) is 0 Å². The number of rotatable bonds is 4. The molecule has 134 valence electrons. The number of pyridine rings is 1. The molecule has 0 unspecified atom stereocenters. The Labute approximate surface area is 166 Å². The Morgan fingerprint density at radius 2 is 1.81 bits per heavy atom. The fraction of sp³-hybridized carbons (Fsp3) is 0.158. The second-order valence-electron chi connectivity index (χ2n) is 5.84. The summed E-state index contributed by atoms with van der Waals surface area (Å²) in [7, 11) is 0. The molecule has 1 amide bonds. The van der Waals surface area contributed by atoms with Crippen molar-refractivity contribution in [3.05, 3.63) is 62.7 Å². The topological polar surface area (TPSA) is 51.2 Å². The quantitative estimate of drug-likeness (QED) is 0.590. The Balaban J connectivity index is 1.81. The smallest absolute Gasteiger partial charge is 0.262 e. The van der Waals surface area contributed by atoms with Crippen molar-refractivity contribution in [2.45, 2.75) is 13.8 Å². The summed E-state index contributed by atoms with van der Waals surface area (Å²) in [4.78, 5) is 16.7. The molecule has 0 aliphatic carbocycles. The summed E-state index contributed by atoms with van der Waals surface area (Å²) in [5, 5.41) is 4.65. The van der Waals surface area contributed by atoms with Gasteiger partial charge in [0.05, 0.1) is 20.8 Å². The third-order valence-corrected chi connectivity index (χ3v) is 4.63. The number of aromatic nitrogens is 1. The van der Waals surface area contributed by atoms with Crippen molar-refractivity contribution in [2.75, 3.05) is 11.9 Å². The van der Waals surface area contributed by atoms with Gasteiger partial charge in [0.15, 0.2) is 12.4 Å². The number of hydrogen-bond acceptors (Lipinski definition) is 3. The fourth-order valence-electron chi connectivity index (χ4n) is 2.47. The van der Waals surface area contributed by atoms with Gasteiger partial charge in [-0.25, -0.2) is 4.98 Å². The first kappa shape index (κ1) is 18.8. The standard InChI is InChI=1S/C19H15Cl3N2O2/c1-10-3-6-16(14(21)7-10)24-17(25)9-26-19-15(22)8-13(20)12-5-4-11(2)23-18(12)19/h3-8H,9H2,1-2H3,(H,24,25). The van der Waals surface area contributed by atoms with Gasteiger partial charge in [0, 0.05) is 11.1 Å². The second kappa shape index (κ2) is 7.70. The molecule has 3 rings (SSSR count). The molecule has 1 heterocycles. The maximum absolute atomic E-state index is 12.2. The minimum Gasteiger partial charge on any atom is -0.480 e. The van der Waals surface area contributed by atoms with Gasteiger partial charge in [0.1, 0.15) is 5.52 Å². The van der Waals surface area contributed by atoms with Crippen LogP contribution in [0.5, 0.6) is 5.75 Å². The highest BCUT2D eigenvalue weighted by Crippen LogP contribution is 2.37. The molecule has 1 N–H and O–H groups in total. The summed E-state index contributed by atoms with van der Waals surface area (Å²) in [6.07, 6.45) is 0. The van der Waals surface area contributed by atoms with E-state index in [1.165, 1.54) is 0 Å². The zero-order valence-electron chi connectivity index (χ0n) is 14.1. The van der Waals surface area contributed by atoms with Crippen LogP contribution in [-0.4, -0.2) is 17.5 Å². The fourth-order valence-corrected chi connectivity index (χ4v) is 3.33. The van der Waals surface area contributed by atoms with Crippen molar-refractivity contribution >= 4 is 57.3 Å². The van der Waals surface area contributed by atoms with Gasteiger partial charge >= 0.3 is 0 Å². The number of anilines is 1. The number of amides is 1. The van der Waals surface area contributed by atoms with Crippen molar-refractivity contribution in [1.82, 2.24) is 4.98 Å². The normalized spacial score (nSPS) is 10.8. The SMILES string of the molecule is Cc1ccc(NC(=O)COc2c(Cl)cc(Cl)c3ccc(C)nc23)c(Cl)c1. The summed E-state index contributed by atoms with van der Waals surface area (Å²) in [6, 6.07) is 10.6. The van der Waals surface area contributed by atoms with Crippen molar-refractivity contribution < 1.29 is 9.53 Å². The monoisotopic (exact) mass is 408 g/mol. The van der Waals surface area contributed by atoms with Crippen LogP contribution in [0.2, 0.25) is 15.1 Å². The summed E-state index contributed by atoms with van der Waals surface area (Å²) in [5.41, 5.74) is 2.83. The van der Waals surface area contributed by atoms with E-state index in [1.807, 2.05) is 32.0 Å². The molecule has 3 aromatic rings. The number of carbonyl (C=O) groups is 1. The van der Waals surface area contributed by atoms with E-state index >= 15 is 0 Å². The molecule has 0 aliphatic rings. The van der Waals surface area contributed by atoms with Crippen LogP contribution in [0.4, 0.5) is 5.69 Å². The number of nitrogens with one attached hydrogen (secondary N) is 1. The van der Waals surface area contributed by atoms with E-state index < -0.39 is 0 Å². The molecule has 0 saturated heterocycles. The molecule has 0 saturated carbocycles. The molecule has 0 bridgehead atoms. The Hall–Kier alpha value is -2.01. The van der Waals surface area contributed by atoms with Gasteiger partial charge in [-0.1, -0.05) is 40.9 Å². The van der Waals surface area contributed by atoms with Crippen LogP contribution < -0.4 is 10.1 Å². The van der Waals surface area contributed by atoms with Gasteiger partial charge in [0.25, 0.3) is 5.91 Å². The summed E-state index contributed by atoms with van der Waals surface area (Å²) >= 11 is 18.6. The lowest BCUT2D eigenvalue weighted by Gasteiger charge is -2.13. The Bertz CT molecular complexity index is 1010. The first-order chi connectivity index (χ1) is 12.3. The lowest BCUT2D eigenvalue weighted by molar-refractivity contribution is -0.118. The van der Waals surface area contributed by atoms with Crippen LogP contribution in [0.3, 0.4) is 0 Å². The van der Waals surface area contributed by atoms with Gasteiger partial charge in [-0.15, -0.1) is 0 Å². The molecule has 4 nitrogen and oxygen atoms in total. The van der Waals surface area contributed by atoms with E-state index in [2.05, 4.69) is 10.3 Å². The minimum atomic E-state index is -0.359. The largest absolute Gasteiger partial charge is 0.480 e. The average Bonchev–Trinajstić information content (AvgIpc) is 2.57. The Morgan fingerprint density at radius 3 is 2.54 bits per heavy atom. The molecule has 26 heavy (non-hydrogen) atoms. The van der Waals surface area contributed by atoms with Gasteiger partial charge < -0.3 is 10.1 Å². The number of benzene rings is 2. The van der Waals surface area contributed by atoms with E-state index in [0.717, 1.165) is 11.3 Å². The van der Waals surface area contributed by atoms with Crippen LogP contribution in [0.1, 0.15) is 11.3 Å². The molecule has 7 heteroatoms. The van der Waals surface area contributed by atoms with Crippen LogP contribution >= 0.6 is 34.8 Å². The van der Waals surface area contributed by atoms with Crippen LogP contribution in [0, 0.1) is 13.8 Å². The molecule has 2 aromatic carbocycles. The maximum Gasteiger partial charge on any atom is 0.262 e. The Kier molecular flexibility index (Phi) is 5.56. The number of ether oxygens (including phenoxy) is 1. The highest BCUT2D eigenvalue weighted by Gasteiger charge is 2.15. The lowest BCUT2D eigenvalue weighted by atomic mass is 10.2. The van der Waals surface area contributed by atoms with Gasteiger partial charge in [-0.05, 0) is 49.7 Å². The first-order valence-electron chi connectivity index (χ1n) is 7.79. The molecule has 1 aromatic heterocycles. The minimum absolute atomic E-state index is 0.240. The van der Waals surface area contributed by atoms with Crippen molar-refractivity contribution in [3.8, 4) is 5.75 Å². The lowest BCUT2D eigenvalue weighted by Crippen LogP contribution is -2.20. The van der Waals surface area contributed by atoms with E-state index in [-0.39, 0.29) is 12.5 Å². The van der Waals surface area contributed by atoms with Gasteiger partial charge in [-0.3, -0.25) is 4.79 Å². The zero-order chi connectivity index (χ0) is 18.8. The zero-order valence-corrected chi connectivity index (χ0v) is 16.3. The highest BCUT2D eigenvalue weighted by atomic mass is 35.5. The predicted octanol–water partition coefficient (Wildman–Crippen LogP) is 5.83. The number of nitrogens with zero attached hydrogens (tertiary/aromatic N) is 1. The number of halogens is 3. The van der Waals surface area contributed by atoms with E-state index in [0.29, 0.717) is 37.4 Å². The predicted molar refractivity (Wildman–Crippen MR) is 107 cm³/mol. The molecular weight excluding hydrogens is 395 g/mol. The average molecular weight is 410 g/mol. The number of aryl methyl sites for hydroxylation is 2. The molecule has 0 fully saturated rings. The van der Waals surface area contributed by atoms with E-state index in [9.17, 15) is 4.79 Å². The maximum atomic E-state index is 12.2. The first-order valence-corrected chi connectivity index (χ1v) is 8.92. The van der Waals surface area contributed by atoms with Crippen LogP contribution in [0.25, 0.3) is 10.9 Å². The van der Waals surface area contributed by atoms with Crippen LogP contribution in [0.15, 0.2) is 36.4 Å². The number of carbonyl (C=O) groups excluding carboxylic acids is 1. The molecular formula is C19H15Cl3N2O2. The van der Waals surface area contributed by atoms with Crippen molar-refractivity contribution in [1.29, 1.82) is 0 Å².